The van der Waals surface area contributed by atoms with Gasteiger partial charge in [0.05, 0.1) is 0 Å². The number of hydrogen-bond donors (Lipinski definition) is 1. The number of aryl methyl sites for hydroxylation is 1. The number of fused-ring (bicyclic) bond motifs is 1. The van der Waals surface area contributed by atoms with Crippen LogP contribution in [0, 0.1) is 11.3 Å². The number of rotatable bonds is 7. The third-order valence-electron chi connectivity index (χ3n) is 6.72. The van der Waals surface area contributed by atoms with Crippen molar-refractivity contribution in [2.75, 3.05) is 6.61 Å². The van der Waals surface area contributed by atoms with Crippen LogP contribution in [-0.2, 0) is 12.8 Å². The Kier molecular flexibility index (Phi) is 6.02. The monoisotopic (exact) mass is 328 g/mol. The highest BCUT2D eigenvalue weighted by atomic mass is 16.3. The van der Waals surface area contributed by atoms with Crippen molar-refractivity contribution in [1.29, 1.82) is 0 Å². The van der Waals surface area contributed by atoms with Gasteiger partial charge in [0.1, 0.15) is 0 Å². The predicted molar refractivity (Wildman–Crippen MR) is 103 cm³/mol. The Balaban J connectivity index is 1.58. The van der Waals surface area contributed by atoms with E-state index < -0.39 is 0 Å². The minimum absolute atomic E-state index is 0.157. The Hall–Kier alpha value is -0.820. The summed E-state index contributed by atoms with van der Waals surface area (Å²) in [5, 5.41) is 9.62. The molecule has 0 radical (unpaired) electrons. The zero-order valence-corrected chi connectivity index (χ0v) is 15.8. The number of unbranched alkanes of at least 4 members (excludes halogenated alkanes) is 3. The van der Waals surface area contributed by atoms with Crippen molar-refractivity contribution in [3.8, 4) is 0 Å². The van der Waals surface area contributed by atoms with E-state index in [1.54, 1.807) is 11.1 Å². The van der Waals surface area contributed by atoms with Gasteiger partial charge in [0.15, 0.2) is 0 Å². The van der Waals surface area contributed by atoms with Gasteiger partial charge in [-0.15, -0.1) is 0 Å². The van der Waals surface area contributed by atoms with Crippen LogP contribution >= 0.6 is 0 Å². The highest BCUT2D eigenvalue weighted by Crippen LogP contribution is 2.46. The highest BCUT2D eigenvalue weighted by Gasteiger charge is 2.35. The third kappa shape index (κ3) is 4.23. The van der Waals surface area contributed by atoms with Gasteiger partial charge in [-0.25, -0.2) is 0 Å². The minimum atomic E-state index is 0.157. The number of aliphatic hydroxyl groups is 1. The third-order valence-corrected chi connectivity index (χ3v) is 6.72. The maximum Gasteiger partial charge on any atom is 0.0484 e. The number of benzene rings is 1. The average Bonchev–Trinajstić information content (AvgIpc) is 3.01. The van der Waals surface area contributed by atoms with Gasteiger partial charge in [0.2, 0.25) is 0 Å². The summed E-state index contributed by atoms with van der Waals surface area (Å²) in [5.74, 6) is 1.59. The molecular weight excluding hydrogens is 292 g/mol. The maximum atomic E-state index is 9.62. The van der Waals surface area contributed by atoms with Gasteiger partial charge in [0.25, 0.3) is 0 Å². The van der Waals surface area contributed by atoms with Crippen molar-refractivity contribution < 1.29 is 5.11 Å². The van der Waals surface area contributed by atoms with E-state index in [1.807, 2.05) is 0 Å². The van der Waals surface area contributed by atoms with Crippen molar-refractivity contribution >= 4 is 0 Å². The molecule has 0 amide bonds. The standard InChI is InChI=1S/C23H36O/c1-3-4-5-6-7-18-8-9-20-15-21(11-10-19(20)14-18)22-12-13-23(2,16-22)17-24/h10-11,15,18,22,24H,3-9,12-14,16-17H2,1-2H3/t18-,22-,23+/m1/s1. The van der Waals surface area contributed by atoms with Gasteiger partial charge in [-0.05, 0) is 72.5 Å². The molecule has 1 heteroatoms. The molecule has 3 atom stereocenters. The van der Waals surface area contributed by atoms with E-state index in [1.165, 1.54) is 69.8 Å². The van der Waals surface area contributed by atoms with Crippen LogP contribution in [0.15, 0.2) is 18.2 Å². The van der Waals surface area contributed by atoms with Gasteiger partial charge in [-0.1, -0.05) is 64.2 Å². The van der Waals surface area contributed by atoms with E-state index >= 15 is 0 Å². The fourth-order valence-corrected chi connectivity index (χ4v) is 4.96. The van der Waals surface area contributed by atoms with Crippen LogP contribution in [-0.4, -0.2) is 11.7 Å². The first-order valence-corrected chi connectivity index (χ1v) is 10.4. The van der Waals surface area contributed by atoms with E-state index in [2.05, 4.69) is 32.0 Å². The van der Waals surface area contributed by atoms with Gasteiger partial charge in [0, 0.05) is 6.61 Å². The summed E-state index contributed by atoms with van der Waals surface area (Å²) in [5.41, 5.74) is 4.93. The summed E-state index contributed by atoms with van der Waals surface area (Å²) in [6, 6.07) is 7.33. The second-order valence-electron chi connectivity index (χ2n) is 8.89. The zero-order chi connectivity index (χ0) is 17.0. The van der Waals surface area contributed by atoms with E-state index in [0.29, 0.717) is 12.5 Å². The zero-order valence-electron chi connectivity index (χ0n) is 15.8. The van der Waals surface area contributed by atoms with Crippen LogP contribution in [0.3, 0.4) is 0 Å². The lowest BCUT2D eigenvalue weighted by atomic mass is 9.79. The van der Waals surface area contributed by atoms with Crippen LogP contribution < -0.4 is 0 Å². The smallest absolute Gasteiger partial charge is 0.0484 e. The second kappa shape index (κ2) is 8.04. The van der Waals surface area contributed by atoms with E-state index in [0.717, 1.165) is 12.3 Å². The summed E-state index contributed by atoms with van der Waals surface area (Å²) < 4.78 is 0. The molecule has 0 aliphatic heterocycles. The molecule has 1 fully saturated rings. The predicted octanol–water partition coefficient (Wildman–Crippen LogP) is 6.03. The lowest BCUT2D eigenvalue weighted by Gasteiger charge is -2.26. The van der Waals surface area contributed by atoms with Crippen molar-refractivity contribution in [3.05, 3.63) is 34.9 Å². The van der Waals surface area contributed by atoms with Crippen molar-refractivity contribution in [1.82, 2.24) is 0 Å². The molecule has 1 saturated carbocycles. The first-order valence-electron chi connectivity index (χ1n) is 10.4. The van der Waals surface area contributed by atoms with Crippen LogP contribution in [0.4, 0.5) is 0 Å². The molecule has 1 N–H and O–H groups in total. The lowest BCUT2D eigenvalue weighted by molar-refractivity contribution is 0.147. The highest BCUT2D eigenvalue weighted by molar-refractivity contribution is 5.36. The molecule has 0 aromatic heterocycles. The van der Waals surface area contributed by atoms with E-state index in [4.69, 9.17) is 0 Å². The first-order chi connectivity index (χ1) is 11.6. The molecule has 0 bridgehead atoms. The summed E-state index contributed by atoms with van der Waals surface area (Å²) in [4.78, 5) is 0. The van der Waals surface area contributed by atoms with Crippen LogP contribution in [0.2, 0.25) is 0 Å². The quantitative estimate of drug-likeness (QED) is 0.606. The van der Waals surface area contributed by atoms with Crippen molar-refractivity contribution in [2.24, 2.45) is 11.3 Å². The van der Waals surface area contributed by atoms with Gasteiger partial charge in [-0.3, -0.25) is 0 Å². The molecule has 0 heterocycles. The molecule has 0 unspecified atom stereocenters. The summed E-state index contributed by atoms with van der Waals surface area (Å²) in [7, 11) is 0. The Morgan fingerprint density at radius 2 is 2.00 bits per heavy atom. The molecule has 24 heavy (non-hydrogen) atoms. The fourth-order valence-electron chi connectivity index (χ4n) is 4.96. The van der Waals surface area contributed by atoms with Crippen molar-refractivity contribution in [3.63, 3.8) is 0 Å². The molecular formula is C23H36O. The topological polar surface area (TPSA) is 20.2 Å². The first kappa shape index (κ1) is 18.0. The molecule has 1 nitrogen and oxygen atoms in total. The largest absolute Gasteiger partial charge is 0.396 e. The van der Waals surface area contributed by atoms with Gasteiger partial charge >= 0.3 is 0 Å². The Morgan fingerprint density at radius 3 is 2.75 bits per heavy atom. The minimum Gasteiger partial charge on any atom is -0.396 e. The SMILES string of the molecule is CCCCCC[C@@H]1CCc2cc([C@@H]3CC[C@](C)(CO)C3)ccc2C1. The maximum absolute atomic E-state index is 9.62. The van der Waals surface area contributed by atoms with Crippen molar-refractivity contribution in [2.45, 2.75) is 90.4 Å². The summed E-state index contributed by atoms with van der Waals surface area (Å²) in [6.07, 6.45) is 14.6. The number of hydrogen-bond acceptors (Lipinski definition) is 1. The molecule has 2 aliphatic carbocycles. The average molecular weight is 329 g/mol. The molecule has 134 valence electrons. The molecule has 3 rings (SSSR count). The van der Waals surface area contributed by atoms with E-state index in [9.17, 15) is 5.11 Å². The van der Waals surface area contributed by atoms with Crippen LogP contribution in [0.5, 0.6) is 0 Å². The van der Waals surface area contributed by atoms with Crippen LogP contribution in [0.1, 0.15) is 94.2 Å². The van der Waals surface area contributed by atoms with E-state index in [-0.39, 0.29) is 5.41 Å². The molecule has 1 aromatic rings. The second-order valence-corrected chi connectivity index (χ2v) is 8.89. The number of aliphatic hydroxyl groups excluding tert-OH is 1. The Labute approximate surface area is 148 Å². The lowest BCUT2D eigenvalue weighted by Crippen LogP contribution is -2.17. The van der Waals surface area contributed by atoms with Crippen LogP contribution in [0.25, 0.3) is 0 Å². The normalized spacial score (nSPS) is 29.6. The Morgan fingerprint density at radius 1 is 1.12 bits per heavy atom. The molecule has 2 aliphatic rings. The Bertz CT molecular complexity index is 535. The molecule has 0 saturated heterocycles. The van der Waals surface area contributed by atoms with Gasteiger partial charge in [-0.2, -0.15) is 0 Å². The summed E-state index contributed by atoms with van der Waals surface area (Å²) in [6.45, 7) is 4.88. The van der Waals surface area contributed by atoms with Gasteiger partial charge < -0.3 is 5.11 Å². The summed E-state index contributed by atoms with van der Waals surface area (Å²) >= 11 is 0. The molecule has 0 spiro atoms. The fraction of sp³-hybridized carbons (Fsp3) is 0.739. The molecule has 1 aromatic carbocycles.